The molecule has 0 radical (unpaired) electrons. The molecule has 4 rings (SSSR count). The minimum atomic E-state index is 0.395. The SMILES string of the molecule is CC(C)c1cc(-c2nn3c(-c4ccsc4)nnc3s2)n(C)n1. The molecule has 0 atom stereocenters. The third-order valence-electron chi connectivity index (χ3n) is 3.48. The van der Waals surface area contributed by atoms with Gasteiger partial charge in [0.25, 0.3) is 0 Å². The highest BCUT2D eigenvalue weighted by Crippen LogP contribution is 2.29. The lowest BCUT2D eigenvalue weighted by molar-refractivity contribution is 0.716. The van der Waals surface area contributed by atoms with Crippen LogP contribution in [-0.4, -0.2) is 29.6 Å². The van der Waals surface area contributed by atoms with Gasteiger partial charge in [0.2, 0.25) is 4.96 Å². The summed E-state index contributed by atoms with van der Waals surface area (Å²) in [5.41, 5.74) is 3.12. The fourth-order valence-electron chi connectivity index (χ4n) is 2.26. The van der Waals surface area contributed by atoms with Crippen LogP contribution in [0.25, 0.3) is 27.1 Å². The van der Waals surface area contributed by atoms with E-state index in [0.717, 1.165) is 32.7 Å². The van der Waals surface area contributed by atoms with Crippen LogP contribution in [0.5, 0.6) is 0 Å². The van der Waals surface area contributed by atoms with Crippen molar-refractivity contribution in [3.05, 3.63) is 28.6 Å². The Kier molecular flexibility index (Phi) is 3.08. The van der Waals surface area contributed by atoms with Gasteiger partial charge in [-0.25, -0.2) is 0 Å². The number of fused-ring (bicyclic) bond motifs is 1. The Balaban J connectivity index is 1.84. The molecule has 0 aliphatic carbocycles. The van der Waals surface area contributed by atoms with E-state index in [0.29, 0.717) is 5.92 Å². The molecule has 0 unspecified atom stereocenters. The van der Waals surface area contributed by atoms with Crippen LogP contribution in [-0.2, 0) is 7.05 Å². The average Bonchev–Trinajstić information content (AvgIpc) is 3.20. The molecule has 4 aromatic rings. The van der Waals surface area contributed by atoms with Gasteiger partial charge in [0.15, 0.2) is 10.8 Å². The quantitative estimate of drug-likeness (QED) is 0.577. The molecule has 4 heterocycles. The lowest BCUT2D eigenvalue weighted by atomic mass is 10.1. The molecule has 0 N–H and O–H groups in total. The summed E-state index contributed by atoms with van der Waals surface area (Å²) in [6.07, 6.45) is 0. The lowest BCUT2D eigenvalue weighted by Gasteiger charge is -1.96. The van der Waals surface area contributed by atoms with E-state index in [4.69, 9.17) is 0 Å². The largest absolute Gasteiger partial charge is 0.265 e. The standard InChI is InChI=1S/C14H14N6S2/c1-8(2)10-6-11(19(3)17-10)13-18-20-12(9-4-5-21-7-9)15-16-14(20)22-13/h4-8H,1-3H3. The Bertz CT molecular complexity index is 928. The Morgan fingerprint density at radius 3 is 2.73 bits per heavy atom. The molecule has 0 spiro atoms. The van der Waals surface area contributed by atoms with E-state index in [-0.39, 0.29) is 0 Å². The molecule has 22 heavy (non-hydrogen) atoms. The lowest BCUT2D eigenvalue weighted by Crippen LogP contribution is -1.96. The predicted octanol–water partition coefficient (Wildman–Crippen LogP) is 3.44. The molecule has 0 saturated heterocycles. The predicted molar refractivity (Wildman–Crippen MR) is 88.3 cm³/mol. The zero-order valence-corrected chi connectivity index (χ0v) is 14.0. The maximum atomic E-state index is 4.69. The molecule has 112 valence electrons. The van der Waals surface area contributed by atoms with E-state index in [9.17, 15) is 0 Å². The second-order valence-electron chi connectivity index (χ2n) is 5.37. The molecule has 0 aliphatic heterocycles. The maximum Gasteiger partial charge on any atom is 0.235 e. The number of aryl methyl sites for hydroxylation is 1. The van der Waals surface area contributed by atoms with Gasteiger partial charge in [-0.1, -0.05) is 25.2 Å². The second kappa shape index (κ2) is 4.99. The number of aromatic nitrogens is 6. The van der Waals surface area contributed by atoms with Crippen LogP contribution in [0.1, 0.15) is 25.5 Å². The summed E-state index contributed by atoms with van der Waals surface area (Å²) in [5.74, 6) is 1.18. The van der Waals surface area contributed by atoms with Crippen molar-refractivity contribution in [2.75, 3.05) is 0 Å². The van der Waals surface area contributed by atoms with Crippen molar-refractivity contribution in [1.82, 2.24) is 29.6 Å². The molecular weight excluding hydrogens is 316 g/mol. The van der Waals surface area contributed by atoms with Gasteiger partial charge in [0.1, 0.15) is 0 Å². The van der Waals surface area contributed by atoms with Gasteiger partial charge in [-0.05, 0) is 23.4 Å². The fourth-order valence-corrected chi connectivity index (χ4v) is 3.78. The second-order valence-corrected chi connectivity index (χ2v) is 7.11. The van der Waals surface area contributed by atoms with Crippen molar-refractivity contribution in [3.8, 4) is 22.1 Å². The van der Waals surface area contributed by atoms with Gasteiger partial charge in [-0.15, -0.1) is 10.2 Å². The highest BCUT2D eigenvalue weighted by molar-refractivity contribution is 7.19. The highest BCUT2D eigenvalue weighted by Gasteiger charge is 2.18. The van der Waals surface area contributed by atoms with Crippen LogP contribution in [0.3, 0.4) is 0 Å². The number of nitrogens with zero attached hydrogens (tertiary/aromatic N) is 6. The van der Waals surface area contributed by atoms with E-state index in [1.54, 1.807) is 11.3 Å². The van der Waals surface area contributed by atoms with Crippen molar-refractivity contribution in [3.63, 3.8) is 0 Å². The minimum Gasteiger partial charge on any atom is -0.265 e. The zero-order chi connectivity index (χ0) is 15.3. The number of hydrogen-bond acceptors (Lipinski definition) is 6. The van der Waals surface area contributed by atoms with Crippen LogP contribution in [0, 0.1) is 0 Å². The van der Waals surface area contributed by atoms with Crippen LogP contribution in [0.4, 0.5) is 0 Å². The Morgan fingerprint density at radius 1 is 1.18 bits per heavy atom. The smallest absolute Gasteiger partial charge is 0.235 e. The van der Waals surface area contributed by atoms with Crippen LogP contribution >= 0.6 is 22.7 Å². The zero-order valence-electron chi connectivity index (χ0n) is 12.4. The Labute approximate surface area is 135 Å². The van der Waals surface area contributed by atoms with Crippen LogP contribution in [0.15, 0.2) is 22.9 Å². The normalized spacial score (nSPS) is 11.8. The number of rotatable bonds is 3. The summed E-state index contributed by atoms with van der Waals surface area (Å²) < 4.78 is 3.69. The first-order valence-electron chi connectivity index (χ1n) is 6.92. The van der Waals surface area contributed by atoms with Gasteiger partial charge < -0.3 is 0 Å². The summed E-state index contributed by atoms with van der Waals surface area (Å²) in [6, 6.07) is 4.13. The topological polar surface area (TPSA) is 60.9 Å². The van der Waals surface area contributed by atoms with Gasteiger partial charge >= 0.3 is 0 Å². The molecule has 6 nitrogen and oxygen atoms in total. The molecule has 0 aliphatic rings. The number of thiophene rings is 1. The van der Waals surface area contributed by atoms with Crippen molar-refractivity contribution >= 4 is 27.6 Å². The minimum absolute atomic E-state index is 0.395. The molecule has 0 saturated carbocycles. The van der Waals surface area contributed by atoms with Gasteiger partial charge in [0, 0.05) is 18.0 Å². The molecule has 8 heteroatoms. The fraction of sp³-hybridized carbons (Fsp3) is 0.286. The average molecular weight is 330 g/mol. The first-order chi connectivity index (χ1) is 10.6. The Hall–Kier alpha value is -2.06. The van der Waals surface area contributed by atoms with Crippen molar-refractivity contribution in [1.29, 1.82) is 0 Å². The van der Waals surface area contributed by atoms with Crippen molar-refractivity contribution in [2.24, 2.45) is 7.05 Å². The molecule has 0 amide bonds. The van der Waals surface area contributed by atoms with E-state index in [2.05, 4.69) is 45.7 Å². The van der Waals surface area contributed by atoms with Gasteiger partial charge in [-0.3, -0.25) is 4.68 Å². The number of hydrogen-bond donors (Lipinski definition) is 0. The molecule has 4 aromatic heterocycles. The molecule has 0 fully saturated rings. The monoisotopic (exact) mass is 330 g/mol. The van der Waals surface area contributed by atoms with E-state index >= 15 is 0 Å². The third kappa shape index (κ3) is 2.06. The summed E-state index contributed by atoms with van der Waals surface area (Å²) in [7, 11) is 1.95. The maximum absolute atomic E-state index is 4.69. The van der Waals surface area contributed by atoms with E-state index < -0.39 is 0 Å². The van der Waals surface area contributed by atoms with E-state index in [1.165, 1.54) is 11.3 Å². The van der Waals surface area contributed by atoms with Crippen molar-refractivity contribution in [2.45, 2.75) is 19.8 Å². The molecule has 0 bridgehead atoms. The molecule has 0 aromatic carbocycles. The Morgan fingerprint density at radius 2 is 2.05 bits per heavy atom. The first-order valence-corrected chi connectivity index (χ1v) is 8.68. The summed E-state index contributed by atoms with van der Waals surface area (Å²) >= 11 is 3.17. The summed E-state index contributed by atoms with van der Waals surface area (Å²) in [6.45, 7) is 4.28. The highest BCUT2D eigenvalue weighted by atomic mass is 32.1. The third-order valence-corrected chi connectivity index (χ3v) is 5.08. The van der Waals surface area contributed by atoms with Crippen LogP contribution in [0.2, 0.25) is 0 Å². The summed E-state index contributed by atoms with van der Waals surface area (Å²) in [5, 5.41) is 22.7. The van der Waals surface area contributed by atoms with Crippen molar-refractivity contribution < 1.29 is 0 Å². The molecular formula is C14H14N6S2. The van der Waals surface area contributed by atoms with Crippen LogP contribution < -0.4 is 0 Å². The van der Waals surface area contributed by atoms with Gasteiger partial charge in [0.05, 0.1) is 11.4 Å². The van der Waals surface area contributed by atoms with E-state index in [1.807, 2.05) is 27.7 Å². The summed E-state index contributed by atoms with van der Waals surface area (Å²) in [4.78, 5) is 0.795. The first kappa shape index (κ1) is 13.6. The van der Waals surface area contributed by atoms with Gasteiger partial charge in [-0.2, -0.15) is 26.0 Å².